The molecule has 3 heteroatoms. The number of benzene rings is 3. The first-order valence-corrected chi connectivity index (χ1v) is 8.94. The van der Waals surface area contributed by atoms with E-state index in [-0.39, 0.29) is 0 Å². The lowest BCUT2D eigenvalue weighted by atomic mass is 9.94. The number of allylic oxidation sites excluding steroid dienone is 1. The van der Waals surface area contributed by atoms with Crippen LogP contribution in [0.2, 0.25) is 0 Å². The topological polar surface area (TPSA) is 27.7 Å². The maximum Gasteiger partial charge on any atom is 0.203 e. The average Bonchev–Trinajstić information content (AvgIpc) is 3.12. The van der Waals surface area contributed by atoms with Crippen LogP contribution in [0.15, 0.2) is 66.7 Å². The van der Waals surface area contributed by atoms with E-state index in [0.717, 1.165) is 12.0 Å². The van der Waals surface area contributed by atoms with E-state index in [1.165, 1.54) is 27.8 Å². The molecule has 27 heavy (non-hydrogen) atoms. The van der Waals surface area contributed by atoms with Gasteiger partial charge in [-0.3, -0.25) is 0 Å². The van der Waals surface area contributed by atoms with Crippen LogP contribution in [0.4, 0.5) is 0 Å². The van der Waals surface area contributed by atoms with E-state index in [9.17, 15) is 0 Å². The molecule has 0 radical (unpaired) electrons. The third-order valence-electron chi connectivity index (χ3n) is 5.03. The smallest absolute Gasteiger partial charge is 0.203 e. The lowest BCUT2D eigenvalue weighted by Crippen LogP contribution is -1.98. The van der Waals surface area contributed by atoms with Gasteiger partial charge in [0.2, 0.25) is 5.75 Å². The van der Waals surface area contributed by atoms with Gasteiger partial charge in [-0.2, -0.15) is 0 Å². The quantitative estimate of drug-likeness (QED) is 0.625. The monoisotopic (exact) mass is 358 g/mol. The van der Waals surface area contributed by atoms with Crippen molar-refractivity contribution >= 4 is 11.1 Å². The second-order valence-electron chi connectivity index (χ2n) is 6.47. The van der Waals surface area contributed by atoms with Crippen LogP contribution in [0.25, 0.3) is 11.1 Å². The predicted molar refractivity (Wildman–Crippen MR) is 109 cm³/mol. The summed E-state index contributed by atoms with van der Waals surface area (Å²) in [6.45, 7) is 0. The highest BCUT2D eigenvalue weighted by Gasteiger charge is 2.25. The molecule has 0 bridgehead atoms. The first-order valence-electron chi connectivity index (χ1n) is 8.94. The zero-order valence-electron chi connectivity index (χ0n) is 15.8. The van der Waals surface area contributed by atoms with Crippen molar-refractivity contribution in [2.24, 2.45) is 0 Å². The van der Waals surface area contributed by atoms with Gasteiger partial charge in [0.1, 0.15) is 0 Å². The van der Waals surface area contributed by atoms with Crippen molar-refractivity contribution in [2.75, 3.05) is 21.3 Å². The fourth-order valence-electron chi connectivity index (χ4n) is 3.80. The maximum atomic E-state index is 5.57. The second kappa shape index (κ2) is 7.20. The molecule has 0 spiro atoms. The van der Waals surface area contributed by atoms with E-state index in [4.69, 9.17) is 14.2 Å². The molecule has 0 atom stereocenters. The van der Waals surface area contributed by atoms with E-state index in [1.807, 2.05) is 18.2 Å². The summed E-state index contributed by atoms with van der Waals surface area (Å²) >= 11 is 0. The summed E-state index contributed by atoms with van der Waals surface area (Å²) in [6, 6.07) is 23.2. The highest BCUT2D eigenvalue weighted by atomic mass is 16.5. The van der Waals surface area contributed by atoms with Gasteiger partial charge in [-0.05, 0) is 52.0 Å². The molecule has 3 nitrogen and oxygen atoms in total. The van der Waals surface area contributed by atoms with E-state index in [2.05, 4.69) is 48.5 Å². The van der Waals surface area contributed by atoms with E-state index in [1.54, 1.807) is 21.3 Å². The predicted octanol–water partition coefficient (Wildman–Crippen LogP) is 5.23. The van der Waals surface area contributed by atoms with Gasteiger partial charge in [0, 0.05) is 0 Å². The zero-order chi connectivity index (χ0) is 18.8. The van der Waals surface area contributed by atoms with Gasteiger partial charge in [-0.25, -0.2) is 0 Å². The van der Waals surface area contributed by atoms with E-state index >= 15 is 0 Å². The molecule has 0 aromatic heterocycles. The molecular formula is C24H22O3. The highest BCUT2D eigenvalue weighted by Crippen LogP contribution is 2.46. The molecule has 0 fully saturated rings. The molecule has 0 saturated heterocycles. The van der Waals surface area contributed by atoms with Crippen molar-refractivity contribution in [1.29, 1.82) is 0 Å². The summed E-state index contributed by atoms with van der Waals surface area (Å²) in [5.41, 5.74) is 7.44. The van der Waals surface area contributed by atoms with Gasteiger partial charge in [0.15, 0.2) is 11.5 Å². The Morgan fingerprint density at radius 2 is 1.30 bits per heavy atom. The number of methoxy groups -OCH3 is 3. The summed E-state index contributed by atoms with van der Waals surface area (Å²) in [6.07, 6.45) is 0.874. The third kappa shape index (κ3) is 2.95. The van der Waals surface area contributed by atoms with Gasteiger partial charge in [-0.15, -0.1) is 0 Å². The molecule has 0 saturated carbocycles. The van der Waals surface area contributed by atoms with Crippen molar-refractivity contribution in [3.05, 3.63) is 89.0 Å². The van der Waals surface area contributed by atoms with Crippen LogP contribution in [-0.4, -0.2) is 21.3 Å². The lowest BCUT2D eigenvalue weighted by molar-refractivity contribution is 0.324. The Hall–Kier alpha value is -3.20. The number of ether oxygens (including phenoxy) is 3. The van der Waals surface area contributed by atoms with E-state index in [0.29, 0.717) is 17.2 Å². The van der Waals surface area contributed by atoms with Gasteiger partial charge < -0.3 is 14.2 Å². The Morgan fingerprint density at radius 3 is 1.93 bits per heavy atom. The number of rotatable bonds is 5. The van der Waals surface area contributed by atoms with Gasteiger partial charge in [-0.1, -0.05) is 54.6 Å². The SMILES string of the molecule is COc1cc(C2=C(c3ccccc3)c3ccccc3C2)cc(OC)c1OC. The molecule has 1 aliphatic rings. The molecule has 0 heterocycles. The van der Waals surface area contributed by atoms with Gasteiger partial charge in [0.05, 0.1) is 21.3 Å². The molecule has 0 aliphatic heterocycles. The minimum Gasteiger partial charge on any atom is -0.493 e. The van der Waals surface area contributed by atoms with Crippen molar-refractivity contribution < 1.29 is 14.2 Å². The van der Waals surface area contributed by atoms with Crippen molar-refractivity contribution in [3.8, 4) is 17.2 Å². The van der Waals surface area contributed by atoms with Crippen LogP contribution >= 0.6 is 0 Å². The molecule has 4 rings (SSSR count). The van der Waals surface area contributed by atoms with Crippen LogP contribution < -0.4 is 14.2 Å². The first kappa shape index (κ1) is 17.2. The Morgan fingerprint density at radius 1 is 0.667 bits per heavy atom. The standard InChI is InChI=1S/C24H22O3/c1-25-21-14-18(15-22(26-2)24(21)27-3)20-13-17-11-7-8-12-19(17)23(20)16-9-5-4-6-10-16/h4-12,14-15H,13H2,1-3H3. The minimum atomic E-state index is 0.612. The molecule has 0 unspecified atom stereocenters. The van der Waals surface area contributed by atoms with Crippen molar-refractivity contribution in [1.82, 2.24) is 0 Å². The normalized spacial score (nSPS) is 12.7. The summed E-state index contributed by atoms with van der Waals surface area (Å²) in [5, 5.41) is 0. The van der Waals surface area contributed by atoms with Crippen LogP contribution in [0, 0.1) is 0 Å². The highest BCUT2D eigenvalue weighted by molar-refractivity contribution is 6.04. The summed E-state index contributed by atoms with van der Waals surface area (Å²) in [7, 11) is 4.92. The number of fused-ring (bicyclic) bond motifs is 1. The Kier molecular flexibility index (Phi) is 4.59. The van der Waals surface area contributed by atoms with Crippen molar-refractivity contribution in [2.45, 2.75) is 6.42 Å². The molecule has 1 aliphatic carbocycles. The lowest BCUT2D eigenvalue weighted by Gasteiger charge is -2.16. The minimum absolute atomic E-state index is 0.612. The molecule has 3 aromatic carbocycles. The average molecular weight is 358 g/mol. The molecule has 0 N–H and O–H groups in total. The number of hydrogen-bond acceptors (Lipinski definition) is 3. The fraction of sp³-hybridized carbons (Fsp3) is 0.167. The Balaban J connectivity index is 1.96. The van der Waals surface area contributed by atoms with E-state index < -0.39 is 0 Å². The molecule has 3 aromatic rings. The van der Waals surface area contributed by atoms with Crippen LogP contribution in [-0.2, 0) is 6.42 Å². The van der Waals surface area contributed by atoms with Gasteiger partial charge >= 0.3 is 0 Å². The fourth-order valence-corrected chi connectivity index (χ4v) is 3.80. The Bertz CT molecular complexity index is 978. The molecule has 0 amide bonds. The Labute approximate surface area is 159 Å². The summed E-state index contributed by atoms with van der Waals surface area (Å²) < 4.78 is 16.6. The molecule has 136 valence electrons. The summed E-state index contributed by atoms with van der Waals surface area (Å²) in [5.74, 6) is 1.95. The maximum absolute atomic E-state index is 5.57. The van der Waals surface area contributed by atoms with Crippen molar-refractivity contribution in [3.63, 3.8) is 0 Å². The largest absolute Gasteiger partial charge is 0.493 e. The molecular weight excluding hydrogens is 336 g/mol. The summed E-state index contributed by atoms with van der Waals surface area (Å²) in [4.78, 5) is 0. The first-order chi connectivity index (χ1) is 13.3. The van der Waals surface area contributed by atoms with Crippen LogP contribution in [0.3, 0.4) is 0 Å². The van der Waals surface area contributed by atoms with Gasteiger partial charge in [0.25, 0.3) is 0 Å². The second-order valence-corrected chi connectivity index (χ2v) is 6.47. The third-order valence-corrected chi connectivity index (χ3v) is 5.03. The van der Waals surface area contributed by atoms with Crippen LogP contribution in [0.1, 0.15) is 22.3 Å². The van der Waals surface area contributed by atoms with Crippen LogP contribution in [0.5, 0.6) is 17.2 Å². The zero-order valence-corrected chi connectivity index (χ0v) is 15.8. The number of hydrogen-bond donors (Lipinski definition) is 0.